The quantitative estimate of drug-likeness (QED) is 0.780. The lowest BCUT2D eigenvalue weighted by molar-refractivity contribution is 0.0604. The van der Waals surface area contributed by atoms with Gasteiger partial charge in [-0.3, -0.25) is 14.5 Å². The van der Waals surface area contributed by atoms with E-state index in [1.54, 1.807) is 12.1 Å². The van der Waals surface area contributed by atoms with Gasteiger partial charge in [-0.05, 0) is 35.9 Å². The number of carbonyl (C=O) groups is 2. The van der Waals surface area contributed by atoms with E-state index in [0.29, 0.717) is 23.6 Å². The van der Waals surface area contributed by atoms with Crippen LogP contribution in [0.1, 0.15) is 41.0 Å². The predicted molar refractivity (Wildman–Crippen MR) is 86.5 cm³/mol. The van der Waals surface area contributed by atoms with Crippen LogP contribution in [0.5, 0.6) is 0 Å². The molecule has 0 bridgehead atoms. The first-order valence-electron chi connectivity index (χ1n) is 7.08. The maximum Gasteiger partial charge on any atom is 0.261 e. The highest BCUT2D eigenvalue weighted by molar-refractivity contribution is 9.10. The number of carbonyl (C=O) groups excluding carboxylic acids is 2. The van der Waals surface area contributed by atoms with E-state index in [1.807, 2.05) is 18.2 Å². The third kappa shape index (κ3) is 2.27. The molecule has 3 rings (SSSR count). The van der Waals surface area contributed by atoms with Gasteiger partial charge < -0.3 is 0 Å². The Hall–Kier alpha value is -1.68. The minimum atomic E-state index is -0.183. The molecule has 2 aromatic carbocycles. The molecule has 3 nitrogen and oxygen atoms in total. The highest BCUT2D eigenvalue weighted by Crippen LogP contribution is 2.34. The summed E-state index contributed by atoms with van der Waals surface area (Å²) >= 11 is 3.49. The molecule has 0 radical (unpaired) electrons. The van der Waals surface area contributed by atoms with Crippen LogP contribution in [-0.4, -0.2) is 23.3 Å². The summed E-state index contributed by atoms with van der Waals surface area (Å²) < 4.78 is 0.902. The molecule has 1 aliphatic heterocycles. The zero-order valence-electron chi connectivity index (χ0n) is 12.0. The van der Waals surface area contributed by atoms with E-state index in [0.717, 1.165) is 21.7 Å². The van der Waals surface area contributed by atoms with Crippen LogP contribution < -0.4 is 0 Å². The number of nitrogens with zero attached hydrogens (tertiary/aromatic N) is 1. The van der Waals surface area contributed by atoms with E-state index in [4.69, 9.17) is 0 Å². The average molecular weight is 346 g/mol. The van der Waals surface area contributed by atoms with Gasteiger partial charge in [0, 0.05) is 27.5 Å². The van der Waals surface area contributed by atoms with E-state index in [-0.39, 0.29) is 11.8 Å². The van der Waals surface area contributed by atoms with Crippen molar-refractivity contribution in [1.29, 1.82) is 0 Å². The van der Waals surface area contributed by atoms with Crippen molar-refractivity contribution in [3.63, 3.8) is 0 Å². The summed E-state index contributed by atoms with van der Waals surface area (Å²) in [5.41, 5.74) is 1.24. The largest absolute Gasteiger partial charge is 0.274 e. The van der Waals surface area contributed by atoms with Crippen LogP contribution in [-0.2, 0) is 0 Å². The van der Waals surface area contributed by atoms with Crippen molar-refractivity contribution in [3.8, 4) is 0 Å². The van der Waals surface area contributed by atoms with Crippen molar-refractivity contribution >= 4 is 38.5 Å². The lowest BCUT2D eigenvalue weighted by Crippen LogP contribution is -2.41. The molecule has 0 N–H and O–H groups in total. The molecule has 2 aromatic rings. The molecular weight excluding hydrogens is 330 g/mol. The van der Waals surface area contributed by atoms with Gasteiger partial charge in [-0.15, -0.1) is 0 Å². The molecule has 0 saturated carbocycles. The fourth-order valence-corrected chi connectivity index (χ4v) is 3.16. The zero-order valence-corrected chi connectivity index (χ0v) is 13.6. The monoisotopic (exact) mass is 345 g/mol. The van der Waals surface area contributed by atoms with Crippen LogP contribution in [0.25, 0.3) is 10.8 Å². The van der Waals surface area contributed by atoms with Crippen molar-refractivity contribution in [3.05, 3.63) is 45.9 Å². The van der Waals surface area contributed by atoms with Gasteiger partial charge in [0.1, 0.15) is 0 Å². The molecule has 0 unspecified atom stereocenters. The lowest BCUT2D eigenvalue weighted by atomic mass is 9.94. The van der Waals surface area contributed by atoms with Gasteiger partial charge in [-0.25, -0.2) is 0 Å². The number of imide groups is 1. The van der Waals surface area contributed by atoms with Gasteiger partial charge in [-0.1, -0.05) is 41.9 Å². The molecule has 108 valence electrons. The van der Waals surface area contributed by atoms with Crippen LogP contribution in [0.15, 0.2) is 34.8 Å². The van der Waals surface area contributed by atoms with E-state index in [1.165, 1.54) is 4.90 Å². The second-order valence-electron chi connectivity index (χ2n) is 5.77. The van der Waals surface area contributed by atoms with Gasteiger partial charge in [0.05, 0.1) is 0 Å². The summed E-state index contributed by atoms with van der Waals surface area (Å²) in [5.74, 6) is 0.0846. The van der Waals surface area contributed by atoms with Crippen LogP contribution >= 0.6 is 15.9 Å². The van der Waals surface area contributed by atoms with Crippen LogP contribution in [0.4, 0.5) is 0 Å². The third-order valence-electron chi connectivity index (χ3n) is 3.87. The molecular formula is C17H16BrNO2. The normalized spacial score (nSPS) is 14.4. The number of hydrogen-bond donors (Lipinski definition) is 0. The molecule has 0 spiro atoms. The smallest absolute Gasteiger partial charge is 0.261 e. The molecule has 0 fully saturated rings. The standard InChI is InChI=1S/C17H16BrNO2/c1-10(2)8-9-19-16(20)12-5-3-4-11-14(18)7-6-13(15(11)12)17(19)21/h3-7,10H,8-9H2,1-2H3. The predicted octanol–water partition coefficient (Wildman–Crippen LogP) is 4.24. The van der Waals surface area contributed by atoms with Crippen molar-refractivity contribution in [2.75, 3.05) is 6.54 Å². The van der Waals surface area contributed by atoms with Gasteiger partial charge in [0.25, 0.3) is 11.8 Å². The van der Waals surface area contributed by atoms with Crippen LogP contribution in [0.3, 0.4) is 0 Å². The summed E-state index contributed by atoms with van der Waals surface area (Å²) in [4.78, 5) is 26.6. The summed E-state index contributed by atoms with van der Waals surface area (Å²) in [7, 11) is 0. The van der Waals surface area contributed by atoms with Crippen LogP contribution in [0, 0.1) is 5.92 Å². The molecule has 0 aliphatic carbocycles. The van der Waals surface area contributed by atoms with Crippen molar-refractivity contribution < 1.29 is 9.59 Å². The van der Waals surface area contributed by atoms with E-state index in [9.17, 15) is 9.59 Å². The van der Waals surface area contributed by atoms with E-state index in [2.05, 4.69) is 29.8 Å². The maximum absolute atomic E-state index is 12.6. The highest BCUT2D eigenvalue weighted by atomic mass is 79.9. The van der Waals surface area contributed by atoms with Gasteiger partial charge >= 0.3 is 0 Å². The third-order valence-corrected chi connectivity index (χ3v) is 4.56. The van der Waals surface area contributed by atoms with Crippen molar-refractivity contribution in [1.82, 2.24) is 4.90 Å². The molecule has 0 atom stereocenters. The van der Waals surface area contributed by atoms with Crippen molar-refractivity contribution in [2.45, 2.75) is 20.3 Å². The Balaban J connectivity index is 2.15. The fourth-order valence-electron chi connectivity index (χ4n) is 2.70. The molecule has 1 aliphatic rings. The second kappa shape index (κ2) is 5.26. The van der Waals surface area contributed by atoms with E-state index >= 15 is 0 Å². The van der Waals surface area contributed by atoms with Gasteiger partial charge in [0.15, 0.2) is 0 Å². The molecule has 0 aromatic heterocycles. The number of hydrogen-bond acceptors (Lipinski definition) is 2. The summed E-state index contributed by atoms with van der Waals surface area (Å²) in [6.45, 7) is 4.65. The minimum Gasteiger partial charge on any atom is -0.274 e. The van der Waals surface area contributed by atoms with Gasteiger partial charge in [0.2, 0.25) is 0 Å². The fraction of sp³-hybridized carbons (Fsp3) is 0.294. The number of rotatable bonds is 3. The minimum absolute atomic E-state index is 0.183. The molecule has 4 heteroatoms. The Morgan fingerprint density at radius 2 is 1.71 bits per heavy atom. The second-order valence-corrected chi connectivity index (χ2v) is 6.62. The first-order chi connectivity index (χ1) is 10.0. The number of benzene rings is 2. The maximum atomic E-state index is 12.6. The highest BCUT2D eigenvalue weighted by Gasteiger charge is 2.32. The first kappa shape index (κ1) is 14.3. The molecule has 21 heavy (non-hydrogen) atoms. The van der Waals surface area contributed by atoms with Crippen molar-refractivity contribution in [2.24, 2.45) is 5.92 Å². The molecule has 2 amide bonds. The van der Waals surface area contributed by atoms with Crippen LogP contribution in [0.2, 0.25) is 0 Å². The summed E-state index contributed by atoms with van der Waals surface area (Å²) in [6.07, 6.45) is 0.819. The Morgan fingerprint density at radius 1 is 1.05 bits per heavy atom. The van der Waals surface area contributed by atoms with E-state index < -0.39 is 0 Å². The zero-order chi connectivity index (χ0) is 15.1. The Bertz CT molecular complexity index is 730. The lowest BCUT2D eigenvalue weighted by Gasteiger charge is -2.28. The number of halogens is 1. The summed E-state index contributed by atoms with van der Waals surface area (Å²) in [5, 5.41) is 1.68. The topological polar surface area (TPSA) is 37.4 Å². The summed E-state index contributed by atoms with van der Waals surface area (Å²) in [6, 6.07) is 9.26. The SMILES string of the molecule is CC(C)CCN1C(=O)c2cccc3c(Br)ccc(c23)C1=O. The molecule has 1 heterocycles. The van der Waals surface area contributed by atoms with Gasteiger partial charge in [-0.2, -0.15) is 0 Å². The average Bonchev–Trinajstić information content (AvgIpc) is 2.45. The first-order valence-corrected chi connectivity index (χ1v) is 7.87. The molecule has 0 saturated heterocycles. The Morgan fingerprint density at radius 3 is 2.38 bits per heavy atom. The Labute approximate surface area is 132 Å². The number of amides is 2. The Kier molecular flexibility index (Phi) is 3.57.